The Kier molecular flexibility index (Phi) is 3.30. The lowest BCUT2D eigenvalue weighted by Crippen LogP contribution is -1.99. The zero-order chi connectivity index (χ0) is 12.3. The minimum absolute atomic E-state index is 0.107. The second-order valence-electron chi connectivity index (χ2n) is 3.97. The Labute approximate surface area is 101 Å². The Morgan fingerprint density at radius 3 is 2.29 bits per heavy atom. The maximum atomic E-state index is 8.97. The van der Waals surface area contributed by atoms with Gasteiger partial charge in [-0.15, -0.1) is 0 Å². The molecule has 0 spiro atoms. The van der Waals surface area contributed by atoms with Crippen LogP contribution in [0.5, 0.6) is 0 Å². The smallest absolute Gasteiger partial charge is 0.0472 e. The van der Waals surface area contributed by atoms with Crippen LogP contribution in [0, 0.1) is 0 Å². The molecule has 0 radical (unpaired) electrons. The van der Waals surface area contributed by atoms with Crippen LogP contribution in [-0.2, 0) is 6.42 Å². The summed E-state index contributed by atoms with van der Waals surface area (Å²) in [5, 5.41) is 8.97. The summed E-state index contributed by atoms with van der Waals surface area (Å²) in [4.78, 5) is 0. The van der Waals surface area contributed by atoms with E-state index < -0.39 is 0 Å². The normalized spacial score (nSPS) is 10.4. The molecule has 0 amide bonds. The number of hydrogen-bond donors (Lipinski definition) is 3. The van der Waals surface area contributed by atoms with Crippen LogP contribution in [0.2, 0.25) is 0 Å². The topological polar surface area (TPSA) is 72.3 Å². The first-order valence-electron chi connectivity index (χ1n) is 5.56. The van der Waals surface area contributed by atoms with Crippen molar-refractivity contribution in [3.8, 4) is 11.1 Å². The minimum Gasteiger partial charge on any atom is -0.399 e. The number of rotatable bonds is 3. The van der Waals surface area contributed by atoms with Gasteiger partial charge in [-0.3, -0.25) is 0 Å². The summed E-state index contributed by atoms with van der Waals surface area (Å²) in [6.07, 6.45) is 0.578. The van der Waals surface area contributed by atoms with Gasteiger partial charge in [-0.05, 0) is 29.7 Å². The molecule has 0 aromatic heterocycles. The van der Waals surface area contributed by atoms with Crippen molar-refractivity contribution in [2.45, 2.75) is 6.42 Å². The standard InChI is InChI=1S/C14H16N2O/c15-12-6-4-10(5-7-12)13-3-1-2-11(8-9-17)14(13)16/h1-7,17H,8-9,15-16H2. The van der Waals surface area contributed by atoms with Crippen LogP contribution in [0.4, 0.5) is 11.4 Å². The number of nitrogen functional groups attached to an aromatic ring is 2. The predicted octanol–water partition coefficient (Wildman–Crippen LogP) is 2.05. The Balaban J connectivity index is 2.45. The van der Waals surface area contributed by atoms with Crippen molar-refractivity contribution in [3.05, 3.63) is 48.0 Å². The van der Waals surface area contributed by atoms with E-state index in [2.05, 4.69) is 0 Å². The fourth-order valence-electron chi connectivity index (χ4n) is 1.87. The van der Waals surface area contributed by atoms with Gasteiger partial charge in [0.25, 0.3) is 0 Å². The van der Waals surface area contributed by atoms with Gasteiger partial charge in [0.1, 0.15) is 0 Å². The van der Waals surface area contributed by atoms with Gasteiger partial charge in [0.05, 0.1) is 0 Å². The summed E-state index contributed by atoms with van der Waals surface area (Å²) >= 11 is 0. The highest BCUT2D eigenvalue weighted by Crippen LogP contribution is 2.29. The molecule has 0 aliphatic heterocycles. The second-order valence-corrected chi connectivity index (χ2v) is 3.97. The molecule has 17 heavy (non-hydrogen) atoms. The Bertz CT molecular complexity index is 506. The summed E-state index contributed by atoms with van der Waals surface area (Å²) in [7, 11) is 0. The summed E-state index contributed by atoms with van der Waals surface area (Å²) in [5.41, 5.74) is 16.2. The molecule has 0 heterocycles. The van der Waals surface area contributed by atoms with Gasteiger partial charge < -0.3 is 16.6 Å². The lowest BCUT2D eigenvalue weighted by atomic mass is 9.99. The molecular formula is C14H16N2O. The molecule has 0 saturated carbocycles. The van der Waals surface area contributed by atoms with Gasteiger partial charge in [0, 0.05) is 23.5 Å². The second kappa shape index (κ2) is 4.89. The van der Waals surface area contributed by atoms with Crippen LogP contribution in [0.3, 0.4) is 0 Å². The molecule has 0 fully saturated rings. The Hall–Kier alpha value is -2.00. The van der Waals surface area contributed by atoms with Gasteiger partial charge in [-0.25, -0.2) is 0 Å². The number of nitrogens with two attached hydrogens (primary N) is 2. The molecule has 0 aliphatic rings. The summed E-state index contributed by atoms with van der Waals surface area (Å²) in [6, 6.07) is 13.5. The monoisotopic (exact) mass is 228 g/mol. The van der Waals surface area contributed by atoms with E-state index in [4.69, 9.17) is 16.6 Å². The highest BCUT2D eigenvalue weighted by atomic mass is 16.2. The van der Waals surface area contributed by atoms with Crippen LogP contribution in [-0.4, -0.2) is 11.7 Å². The zero-order valence-electron chi connectivity index (χ0n) is 9.56. The van der Waals surface area contributed by atoms with Crippen molar-refractivity contribution in [2.24, 2.45) is 0 Å². The number of benzene rings is 2. The fraction of sp³-hybridized carbons (Fsp3) is 0.143. The third-order valence-electron chi connectivity index (χ3n) is 2.80. The van der Waals surface area contributed by atoms with E-state index in [1.807, 2.05) is 42.5 Å². The van der Waals surface area contributed by atoms with Crippen molar-refractivity contribution >= 4 is 11.4 Å². The van der Waals surface area contributed by atoms with Crippen LogP contribution >= 0.6 is 0 Å². The molecule has 88 valence electrons. The van der Waals surface area contributed by atoms with E-state index in [-0.39, 0.29) is 6.61 Å². The Morgan fingerprint density at radius 1 is 0.941 bits per heavy atom. The quantitative estimate of drug-likeness (QED) is 0.704. The van der Waals surface area contributed by atoms with Crippen LogP contribution in [0.25, 0.3) is 11.1 Å². The predicted molar refractivity (Wildman–Crippen MR) is 71.5 cm³/mol. The Morgan fingerprint density at radius 2 is 1.65 bits per heavy atom. The molecule has 0 atom stereocenters. The molecule has 0 unspecified atom stereocenters. The summed E-state index contributed by atoms with van der Waals surface area (Å²) in [6.45, 7) is 0.107. The summed E-state index contributed by atoms with van der Waals surface area (Å²) < 4.78 is 0. The van der Waals surface area contributed by atoms with E-state index in [1.54, 1.807) is 0 Å². The van der Waals surface area contributed by atoms with E-state index in [0.29, 0.717) is 6.42 Å². The van der Waals surface area contributed by atoms with Gasteiger partial charge in [0.15, 0.2) is 0 Å². The van der Waals surface area contributed by atoms with Crippen molar-refractivity contribution in [1.29, 1.82) is 0 Å². The molecule has 2 aromatic rings. The zero-order valence-corrected chi connectivity index (χ0v) is 9.56. The van der Waals surface area contributed by atoms with Gasteiger partial charge in [-0.2, -0.15) is 0 Å². The molecule has 2 rings (SSSR count). The maximum absolute atomic E-state index is 8.97. The first kappa shape index (κ1) is 11.5. The lowest BCUT2D eigenvalue weighted by molar-refractivity contribution is 0.300. The summed E-state index contributed by atoms with van der Waals surface area (Å²) in [5.74, 6) is 0. The third-order valence-corrected chi connectivity index (χ3v) is 2.80. The molecule has 0 saturated heterocycles. The maximum Gasteiger partial charge on any atom is 0.0472 e. The van der Waals surface area contributed by atoms with E-state index in [9.17, 15) is 0 Å². The molecule has 5 N–H and O–H groups in total. The third kappa shape index (κ3) is 2.40. The van der Waals surface area contributed by atoms with E-state index >= 15 is 0 Å². The van der Waals surface area contributed by atoms with Crippen molar-refractivity contribution in [3.63, 3.8) is 0 Å². The van der Waals surface area contributed by atoms with Gasteiger partial charge in [0.2, 0.25) is 0 Å². The number of anilines is 2. The molecule has 3 heteroatoms. The van der Waals surface area contributed by atoms with Gasteiger partial charge >= 0.3 is 0 Å². The van der Waals surface area contributed by atoms with Crippen molar-refractivity contribution < 1.29 is 5.11 Å². The largest absolute Gasteiger partial charge is 0.399 e. The molecule has 2 aromatic carbocycles. The van der Waals surface area contributed by atoms with Crippen molar-refractivity contribution in [1.82, 2.24) is 0 Å². The fourth-order valence-corrected chi connectivity index (χ4v) is 1.87. The molecule has 0 bridgehead atoms. The van der Waals surface area contributed by atoms with Crippen LogP contribution in [0.1, 0.15) is 5.56 Å². The molecule has 0 aliphatic carbocycles. The van der Waals surface area contributed by atoms with Crippen LogP contribution in [0.15, 0.2) is 42.5 Å². The highest BCUT2D eigenvalue weighted by molar-refractivity contribution is 5.79. The number of aliphatic hydroxyl groups excluding tert-OH is 1. The average Bonchev–Trinajstić information content (AvgIpc) is 2.34. The SMILES string of the molecule is Nc1ccc(-c2cccc(CCO)c2N)cc1. The molecule has 3 nitrogen and oxygen atoms in total. The first-order valence-corrected chi connectivity index (χ1v) is 5.56. The number of para-hydroxylation sites is 1. The first-order chi connectivity index (χ1) is 8.22. The minimum atomic E-state index is 0.107. The average molecular weight is 228 g/mol. The number of hydrogen-bond acceptors (Lipinski definition) is 3. The van der Waals surface area contributed by atoms with E-state index in [0.717, 1.165) is 28.1 Å². The van der Waals surface area contributed by atoms with E-state index in [1.165, 1.54) is 0 Å². The van der Waals surface area contributed by atoms with Crippen molar-refractivity contribution in [2.75, 3.05) is 18.1 Å². The lowest BCUT2D eigenvalue weighted by Gasteiger charge is -2.10. The molecular weight excluding hydrogens is 212 g/mol. The van der Waals surface area contributed by atoms with Crippen LogP contribution < -0.4 is 11.5 Å². The van der Waals surface area contributed by atoms with Gasteiger partial charge in [-0.1, -0.05) is 30.3 Å². The number of aliphatic hydroxyl groups is 1. The highest BCUT2D eigenvalue weighted by Gasteiger charge is 2.06.